The summed E-state index contributed by atoms with van der Waals surface area (Å²) < 4.78 is 0. The van der Waals surface area contributed by atoms with Gasteiger partial charge in [-0.1, -0.05) is 42.5 Å². The summed E-state index contributed by atoms with van der Waals surface area (Å²) in [5.41, 5.74) is 0.882. The molecule has 1 rings (SSSR count). The van der Waals surface area contributed by atoms with Gasteiger partial charge in [0.25, 0.3) is 0 Å². The number of rotatable bonds is 5. The summed E-state index contributed by atoms with van der Waals surface area (Å²) in [6.07, 6.45) is -0.917. The Bertz CT molecular complexity index is 323. The molecular formula is C12H16O4. The first kappa shape index (κ1) is 12.9. The van der Waals surface area contributed by atoms with Crippen molar-refractivity contribution in [3.8, 4) is 0 Å². The van der Waals surface area contributed by atoms with Crippen LogP contribution in [0.25, 0.3) is 6.08 Å². The average molecular weight is 224 g/mol. The molecule has 4 N–H and O–H groups in total. The van der Waals surface area contributed by atoms with E-state index in [1.165, 1.54) is 6.08 Å². The summed E-state index contributed by atoms with van der Waals surface area (Å²) in [6, 6.07) is 9.27. The maximum Gasteiger partial charge on any atom is 0.112 e. The van der Waals surface area contributed by atoms with Crippen molar-refractivity contribution in [1.82, 2.24) is 0 Å². The summed E-state index contributed by atoms with van der Waals surface area (Å²) in [7, 11) is 0. The van der Waals surface area contributed by atoms with Crippen molar-refractivity contribution in [2.24, 2.45) is 0 Å². The SMILES string of the molecule is OC[C@H](O)[C@@H](O)[C@@H](O)/C=C/c1ccccc1. The second kappa shape index (κ2) is 6.40. The fourth-order valence-electron chi connectivity index (χ4n) is 1.22. The zero-order chi connectivity index (χ0) is 12.0. The Morgan fingerprint density at radius 1 is 1.06 bits per heavy atom. The summed E-state index contributed by atoms with van der Waals surface area (Å²) in [6.45, 7) is -0.586. The van der Waals surface area contributed by atoms with Crippen molar-refractivity contribution < 1.29 is 20.4 Å². The third-order valence-electron chi connectivity index (χ3n) is 2.22. The molecule has 0 saturated heterocycles. The first-order chi connectivity index (χ1) is 7.65. The van der Waals surface area contributed by atoms with Gasteiger partial charge in [0.1, 0.15) is 18.3 Å². The molecule has 0 radical (unpaired) electrons. The highest BCUT2D eigenvalue weighted by molar-refractivity contribution is 5.49. The van der Waals surface area contributed by atoms with Gasteiger partial charge in [-0.25, -0.2) is 0 Å². The van der Waals surface area contributed by atoms with E-state index >= 15 is 0 Å². The van der Waals surface area contributed by atoms with E-state index in [9.17, 15) is 10.2 Å². The van der Waals surface area contributed by atoms with Crippen LogP contribution in [0, 0.1) is 0 Å². The van der Waals surface area contributed by atoms with Gasteiger partial charge in [-0.2, -0.15) is 0 Å². The summed E-state index contributed by atoms with van der Waals surface area (Å²) in [4.78, 5) is 0. The smallest absolute Gasteiger partial charge is 0.112 e. The quantitative estimate of drug-likeness (QED) is 0.557. The van der Waals surface area contributed by atoms with E-state index in [0.29, 0.717) is 0 Å². The largest absolute Gasteiger partial charge is 0.394 e. The Morgan fingerprint density at radius 2 is 1.69 bits per heavy atom. The first-order valence-electron chi connectivity index (χ1n) is 5.03. The van der Waals surface area contributed by atoms with Crippen LogP contribution in [-0.4, -0.2) is 45.3 Å². The van der Waals surface area contributed by atoms with E-state index in [1.54, 1.807) is 6.08 Å². The van der Waals surface area contributed by atoms with Crippen molar-refractivity contribution in [3.63, 3.8) is 0 Å². The standard InChI is InChI=1S/C12H16O4/c13-8-11(15)12(16)10(14)7-6-9-4-2-1-3-5-9/h1-7,10-16H,8H2/b7-6+/t10-,11-,12-/m0/s1. The predicted octanol–water partition coefficient (Wildman–Crippen LogP) is -0.225. The molecule has 0 saturated carbocycles. The van der Waals surface area contributed by atoms with Gasteiger partial charge in [0.05, 0.1) is 6.61 Å². The molecule has 0 fully saturated rings. The number of aliphatic hydroxyl groups is 4. The van der Waals surface area contributed by atoms with E-state index in [1.807, 2.05) is 30.3 Å². The van der Waals surface area contributed by atoms with Gasteiger partial charge in [0, 0.05) is 0 Å². The lowest BCUT2D eigenvalue weighted by Gasteiger charge is -2.18. The number of hydrogen-bond acceptors (Lipinski definition) is 4. The highest BCUT2D eigenvalue weighted by atomic mass is 16.4. The minimum atomic E-state index is -1.38. The molecular weight excluding hydrogens is 208 g/mol. The van der Waals surface area contributed by atoms with Gasteiger partial charge < -0.3 is 20.4 Å². The molecule has 0 aliphatic heterocycles. The maximum atomic E-state index is 9.47. The summed E-state index contributed by atoms with van der Waals surface area (Å²) in [5.74, 6) is 0. The molecule has 4 nitrogen and oxygen atoms in total. The second-order valence-corrected chi connectivity index (χ2v) is 3.50. The molecule has 88 valence electrons. The van der Waals surface area contributed by atoms with Crippen LogP contribution in [0.5, 0.6) is 0 Å². The van der Waals surface area contributed by atoms with Gasteiger partial charge in [-0.15, -0.1) is 0 Å². The fraction of sp³-hybridized carbons (Fsp3) is 0.333. The zero-order valence-corrected chi connectivity index (χ0v) is 8.77. The Balaban J connectivity index is 2.57. The average Bonchev–Trinajstić information content (AvgIpc) is 2.35. The van der Waals surface area contributed by atoms with Gasteiger partial charge in [0.15, 0.2) is 0 Å². The van der Waals surface area contributed by atoms with Crippen LogP contribution in [0.1, 0.15) is 5.56 Å². The lowest BCUT2D eigenvalue weighted by molar-refractivity contribution is -0.0608. The molecule has 0 heterocycles. The van der Waals surface area contributed by atoms with Crippen molar-refractivity contribution >= 4 is 6.08 Å². The third-order valence-corrected chi connectivity index (χ3v) is 2.22. The normalized spacial score (nSPS) is 17.2. The Kier molecular flexibility index (Phi) is 5.14. The van der Waals surface area contributed by atoms with Crippen LogP contribution in [0.15, 0.2) is 36.4 Å². The zero-order valence-electron chi connectivity index (χ0n) is 8.77. The van der Waals surface area contributed by atoms with E-state index in [0.717, 1.165) is 5.56 Å². The van der Waals surface area contributed by atoms with Crippen LogP contribution >= 0.6 is 0 Å². The summed E-state index contributed by atoms with van der Waals surface area (Å²) >= 11 is 0. The van der Waals surface area contributed by atoms with Gasteiger partial charge in [-0.05, 0) is 5.56 Å². The van der Waals surface area contributed by atoms with E-state index in [4.69, 9.17) is 10.2 Å². The van der Waals surface area contributed by atoms with Crippen LogP contribution in [0.2, 0.25) is 0 Å². The Labute approximate surface area is 94.1 Å². The minimum absolute atomic E-state index is 0.586. The lowest BCUT2D eigenvalue weighted by Crippen LogP contribution is -2.38. The van der Waals surface area contributed by atoms with Gasteiger partial charge >= 0.3 is 0 Å². The number of hydrogen-bond donors (Lipinski definition) is 4. The minimum Gasteiger partial charge on any atom is -0.394 e. The predicted molar refractivity (Wildman–Crippen MR) is 60.6 cm³/mol. The van der Waals surface area contributed by atoms with Crippen LogP contribution in [0.3, 0.4) is 0 Å². The second-order valence-electron chi connectivity index (χ2n) is 3.50. The molecule has 0 aliphatic rings. The van der Waals surface area contributed by atoms with Gasteiger partial charge in [-0.3, -0.25) is 0 Å². The highest BCUT2D eigenvalue weighted by Crippen LogP contribution is 2.06. The summed E-state index contributed by atoms with van der Waals surface area (Å²) in [5, 5.41) is 36.5. The lowest BCUT2D eigenvalue weighted by atomic mass is 10.1. The van der Waals surface area contributed by atoms with Gasteiger partial charge in [0.2, 0.25) is 0 Å². The molecule has 16 heavy (non-hydrogen) atoms. The molecule has 0 aromatic heterocycles. The Hall–Kier alpha value is -1.20. The molecule has 1 aromatic carbocycles. The van der Waals surface area contributed by atoms with E-state index in [-0.39, 0.29) is 0 Å². The third kappa shape index (κ3) is 3.75. The molecule has 0 aliphatic carbocycles. The monoisotopic (exact) mass is 224 g/mol. The molecule has 4 heteroatoms. The topological polar surface area (TPSA) is 80.9 Å². The van der Waals surface area contributed by atoms with Crippen molar-refractivity contribution in [2.45, 2.75) is 18.3 Å². The van der Waals surface area contributed by atoms with Crippen LogP contribution < -0.4 is 0 Å². The number of aliphatic hydroxyl groups excluding tert-OH is 4. The molecule has 0 unspecified atom stereocenters. The Morgan fingerprint density at radius 3 is 2.25 bits per heavy atom. The van der Waals surface area contributed by atoms with E-state index < -0.39 is 24.9 Å². The molecule has 3 atom stereocenters. The van der Waals surface area contributed by atoms with Crippen molar-refractivity contribution in [2.75, 3.05) is 6.61 Å². The molecule has 1 aromatic rings. The molecule has 0 bridgehead atoms. The van der Waals surface area contributed by atoms with Crippen LogP contribution in [0.4, 0.5) is 0 Å². The maximum absolute atomic E-state index is 9.47. The molecule has 0 amide bonds. The van der Waals surface area contributed by atoms with E-state index in [2.05, 4.69) is 0 Å². The highest BCUT2D eigenvalue weighted by Gasteiger charge is 2.21. The van der Waals surface area contributed by atoms with Crippen LogP contribution in [-0.2, 0) is 0 Å². The van der Waals surface area contributed by atoms with Crippen molar-refractivity contribution in [3.05, 3.63) is 42.0 Å². The number of benzene rings is 1. The first-order valence-corrected chi connectivity index (χ1v) is 5.03. The molecule has 0 spiro atoms. The fourth-order valence-corrected chi connectivity index (χ4v) is 1.22. The van der Waals surface area contributed by atoms with Crippen molar-refractivity contribution in [1.29, 1.82) is 0 Å².